The lowest BCUT2D eigenvalue weighted by atomic mass is 10.2. The molecule has 6 nitrogen and oxygen atoms in total. The van der Waals surface area contributed by atoms with E-state index in [-0.39, 0.29) is 12.2 Å². The van der Waals surface area contributed by atoms with Gasteiger partial charge in [-0.3, -0.25) is 9.48 Å². The number of rotatable bonds is 6. The summed E-state index contributed by atoms with van der Waals surface area (Å²) in [7, 11) is 1.78. The second-order valence-electron chi connectivity index (χ2n) is 6.23. The van der Waals surface area contributed by atoms with Gasteiger partial charge in [-0.15, -0.1) is 0 Å². The Bertz CT molecular complexity index is 693. The molecule has 1 atom stereocenters. The van der Waals surface area contributed by atoms with Gasteiger partial charge in [-0.25, -0.2) is 0 Å². The van der Waals surface area contributed by atoms with Gasteiger partial charge in [0, 0.05) is 25.0 Å². The highest BCUT2D eigenvalue weighted by Gasteiger charge is 2.19. The number of ether oxygens (including phenoxy) is 2. The van der Waals surface area contributed by atoms with Crippen molar-refractivity contribution < 1.29 is 14.3 Å². The van der Waals surface area contributed by atoms with Gasteiger partial charge >= 0.3 is 0 Å². The van der Waals surface area contributed by atoms with Gasteiger partial charge in [0.1, 0.15) is 0 Å². The zero-order valence-corrected chi connectivity index (χ0v) is 14.9. The highest BCUT2D eigenvalue weighted by atomic mass is 16.7. The SMILES string of the molecule is Cc1c(C(=O)N(C)c2ccccc2)cnn1CCOC1CCCCO1. The summed E-state index contributed by atoms with van der Waals surface area (Å²) >= 11 is 0. The molecule has 0 N–H and O–H groups in total. The minimum Gasteiger partial charge on any atom is -0.353 e. The molecule has 1 aromatic carbocycles. The number of carbonyl (C=O) groups is 1. The van der Waals surface area contributed by atoms with Crippen LogP contribution >= 0.6 is 0 Å². The predicted octanol–water partition coefficient (Wildman–Crippen LogP) is 3.01. The minimum absolute atomic E-state index is 0.0634. The van der Waals surface area contributed by atoms with Crippen LogP contribution in [0.1, 0.15) is 35.3 Å². The third-order valence-corrected chi connectivity index (χ3v) is 4.53. The molecule has 3 rings (SSSR count). The number of para-hydroxylation sites is 1. The van der Waals surface area contributed by atoms with E-state index < -0.39 is 0 Å². The summed E-state index contributed by atoms with van der Waals surface area (Å²) in [4.78, 5) is 14.4. The Morgan fingerprint density at radius 1 is 1.36 bits per heavy atom. The molecule has 25 heavy (non-hydrogen) atoms. The van der Waals surface area contributed by atoms with Crippen LogP contribution in [0.4, 0.5) is 5.69 Å². The van der Waals surface area contributed by atoms with Crippen molar-refractivity contribution in [3.8, 4) is 0 Å². The monoisotopic (exact) mass is 343 g/mol. The maximum atomic E-state index is 12.7. The van der Waals surface area contributed by atoms with Gasteiger partial charge in [0.25, 0.3) is 5.91 Å². The first-order valence-electron chi connectivity index (χ1n) is 8.75. The van der Waals surface area contributed by atoms with Gasteiger partial charge < -0.3 is 14.4 Å². The number of hydrogen-bond donors (Lipinski definition) is 0. The second kappa shape index (κ2) is 8.27. The van der Waals surface area contributed by atoms with Gasteiger partial charge in [-0.1, -0.05) is 18.2 Å². The predicted molar refractivity (Wildman–Crippen MR) is 95.7 cm³/mol. The second-order valence-corrected chi connectivity index (χ2v) is 6.23. The third kappa shape index (κ3) is 4.27. The van der Waals surface area contributed by atoms with Gasteiger partial charge in [-0.05, 0) is 38.3 Å². The topological polar surface area (TPSA) is 56.6 Å². The molecule has 1 aliphatic heterocycles. The first-order chi connectivity index (χ1) is 12.2. The third-order valence-electron chi connectivity index (χ3n) is 4.53. The molecule has 2 aromatic rings. The molecule has 1 unspecified atom stereocenters. The van der Waals surface area contributed by atoms with Crippen molar-refractivity contribution in [1.82, 2.24) is 9.78 Å². The van der Waals surface area contributed by atoms with E-state index in [2.05, 4.69) is 5.10 Å². The average molecular weight is 343 g/mol. The van der Waals surface area contributed by atoms with Crippen molar-refractivity contribution in [2.24, 2.45) is 0 Å². The Hall–Kier alpha value is -2.18. The van der Waals surface area contributed by atoms with Crippen molar-refractivity contribution in [1.29, 1.82) is 0 Å². The van der Waals surface area contributed by atoms with Gasteiger partial charge in [0.15, 0.2) is 6.29 Å². The normalized spacial score (nSPS) is 17.4. The number of amides is 1. The zero-order chi connectivity index (χ0) is 17.6. The van der Waals surface area contributed by atoms with Gasteiger partial charge in [-0.2, -0.15) is 5.10 Å². The minimum atomic E-state index is -0.102. The molecule has 1 saturated heterocycles. The van der Waals surface area contributed by atoms with Crippen molar-refractivity contribution >= 4 is 11.6 Å². The van der Waals surface area contributed by atoms with Crippen LogP contribution in [-0.2, 0) is 16.0 Å². The number of hydrogen-bond acceptors (Lipinski definition) is 4. The summed E-state index contributed by atoms with van der Waals surface area (Å²) in [6, 6.07) is 9.59. The molecule has 1 fully saturated rings. The van der Waals surface area contributed by atoms with E-state index in [0.717, 1.165) is 37.3 Å². The van der Waals surface area contributed by atoms with E-state index in [4.69, 9.17) is 9.47 Å². The van der Waals surface area contributed by atoms with E-state index in [1.54, 1.807) is 18.1 Å². The fourth-order valence-electron chi connectivity index (χ4n) is 2.94. The smallest absolute Gasteiger partial charge is 0.261 e. The molecule has 1 amide bonds. The molecular weight excluding hydrogens is 318 g/mol. The Morgan fingerprint density at radius 2 is 2.16 bits per heavy atom. The first kappa shape index (κ1) is 17.6. The van der Waals surface area contributed by atoms with E-state index in [9.17, 15) is 4.79 Å². The Kier molecular flexibility index (Phi) is 5.83. The van der Waals surface area contributed by atoms with Crippen LogP contribution in [0, 0.1) is 6.92 Å². The van der Waals surface area contributed by atoms with E-state index in [0.29, 0.717) is 18.7 Å². The lowest BCUT2D eigenvalue weighted by Gasteiger charge is -2.22. The van der Waals surface area contributed by atoms with Crippen LogP contribution in [-0.4, -0.2) is 42.2 Å². The van der Waals surface area contributed by atoms with Crippen LogP contribution in [0.5, 0.6) is 0 Å². The standard InChI is InChI=1S/C19H25N3O3/c1-15-17(19(23)21(2)16-8-4-3-5-9-16)14-20-22(15)11-13-25-18-10-6-7-12-24-18/h3-5,8-9,14,18H,6-7,10-13H2,1-2H3. The van der Waals surface area contributed by atoms with E-state index in [1.807, 2.05) is 41.9 Å². The van der Waals surface area contributed by atoms with E-state index >= 15 is 0 Å². The molecule has 6 heteroatoms. The number of benzene rings is 1. The summed E-state index contributed by atoms with van der Waals surface area (Å²) in [6.07, 6.45) is 4.74. The summed E-state index contributed by atoms with van der Waals surface area (Å²) in [5.41, 5.74) is 2.32. The van der Waals surface area contributed by atoms with Gasteiger partial charge in [0.05, 0.1) is 24.9 Å². The molecule has 0 bridgehead atoms. The number of aromatic nitrogens is 2. The van der Waals surface area contributed by atoms with Crippen molar-refractivity contribution in [2.45, 2.75) is 39.0 Å². The maximum absolute atomic E-state index is 12.7. The highest BCUT2D eigenvalue weighted by molar-refractivity contribution is 6.06. The largest absolute Gasteiger partial charge is 0.353 e. The Balaban J connectivity index is 1.59. The molecular formula is C19H25N3O3. The van der Waals surface area contributed by atoms with Crippen molar-refractivity contribution in [3.05, 3.63) is 47.8 Å². The van der Waals surface area contributed by atoms with Crippen LogP contribution < -0.4 is 4.90 Å². The number of carbonyl (C=O) groups excluding carboxylic acids is 1. The summed E-state index contributed by atoms with van der Waals surface area (Å²) in [6.45, 7) is 3.81. The highest BCUT2D eigenvalue weighted by Crippen LogP contribution is 2.17. The lowest BCUT2D eigenvalue weighted by molar-refractivity contribution is -0.163. The van der Waals surface area contributed by atoms with Crippen molar-refractivity contribution in [3.63, 3.8) is 0 Å². The zero-order valence-electron chi connectivity index (χ0n) is 14.9. The quantitative estimate of drug-likeness (QED) is 0.809. The molecule has 2 heterocycles. The van der Waals surface area contributed by atoms with Crippen LogP contribution in [0.3, 0.4) is 0 Å². The number of anilines is 1. The van der Waals surface area contributed by atoms with E-state index in [1.165, 1.54) is 0 Å². The summed E-state index contributed by atoms with van der Waals surface area (Å²) in [5, 5.41) is 4.34. The molecule has 0 radical (unpaired) electrons. The molecule has 0 spiro atoms. The molecule has 134 valence electrons. The first-order valence-corrected chi connectivity index (χ1v) is 8.75. The average Bonchev–Trinajstić information content (AvgIpc) is 3.03. The van der Waals surface area contributed by atoms with Crippen molar-refractivity contribution in [2.75, 3.05) is 25.2 Å². The van der Waals surface area contributed by atoms with Crippen LogP contribution in [0.2, 0.25) is 0 Å². The summed E-state index contributed by atoms with van der Waals surface area (Å²) in [5.74, 6) is -0.0634. The van der Waals surface area contributed by atoms with Crippen LogP contribution in [0.25, 0.3) is 0 Å². The molecule has 0 aliphatic carbocycles. The molecule has 0 saturated carbocycles. The summed E-state index contributed by atoms with van der Waals surface area (Å²) < 4.78 is 13.1. The van der Waals surface area contributed by atoms with Crippen LogP contribution in [0.15, 0.2) is 36.5 Å². The van der Waals surface area contributed by atoms with Gasteiger partial charge in [0.2, 0.25) is 0 Å². The Labute approximate surface area is 148 Å². The maximum Gasteiger partial charge on any atom is 0.261 e. The molecule has 1 aromatic heterocycles. The molecule has 1 aliphatic rings. The Morgan fingerprint density at radius 3 is 2.88 bits per heavy atom. The fraction of sp³-hybridized carbons (Fsp3) is 0.474. The lowest BCUT2D eigenvalue weighted by Crippen LogP contribution is -2.27. The fourth-order valence-corrected chi connectivity index (χ4v) is 2.94. The number of nitrogens with zero attached hydrogens (tertiary/aromatic N) is 3.